The highest BCUT2D eigenvalue weighted by molar-refractivity contribution is 7.89. The van der Waals surface area contributed by atoms with Gasteiger partial charge in [0.05, 0.1) is 13.7 Å². The second kappa shape index (κ2) is 10.0. The van der Waals surface area contributed by atoms with Crippen LogP contribution in [-0.4, -0.2) is 65.7 Å². The second-order valence-corrected chi connectivity index (χ2v) is 8.81. The molecule has 1 heterocycles. The number of sulfonamides is 1. The summed E-state index contributed by atoms with van der Waals surface area (Å²) in [6.45, 7) is 6.55. The van der Waals surface area contributed by atoms with E-state index in [2.05, 4.69) is 9.62 Å². The molecule has 1 aliphatic heterocycles. The van der Waals surface area contributed by atoms with E-state index in [0.29, 0.717) is 38.3 Å². The zero-order valence-electron chi connectivity index (χ0n) is 18.1. The first-order valence-corrected chi connectivity index (χ1v) is 11.8. The first kappa shape index (κ1) is 22.9. The van der Waals surface area contributed by atoms with E-state index in [0.717, 1.165) is 11.4 Å². The maximum absolute atomic E-state index is 13.1. The monoisotopic (exact) mass is 447 g/mol. The van der Waals surface area contributed by atoms with Crippen molar-refractivity contribution in [2.75, 3.05) is 51.3 Å². The molecule has 0 saturated carbocycles. The molecule has 0 atom stereocenters. The summed E-state index contributed by atoms with van der Waals surface area (Å²) in [4.78, 5) is 17.0. The first-order valence-electron chi connectivity index (χ1n) is 10.3. The van der Waals surface area contributed by atoms with Crippen molar-refractivity contribution < 1.29 is 22.7 Å². The number of anilines is 1. The Hall–Kier alpha value is -2.78. The zero-order chi connectivity index (χ0) is 22.4. The Morgan fingerprint density at radius 3 is 2.29 bits per heavy atom. The van der Waals surface area contributed by atoms with E-state index < -0.39 is 10.0 Å². The van der Waals surface area contributed by atoms with Crippen LogP contribution in [0, 0.1) is 0 Å². The van der Waals surface area contributed by atoms with Crippen LogP contribution in [-0.2, 0) is 10.0 Å². The predicted molar refractivity (Wildman–Crippen MR) is 120 cm³/mol. The molecule has 3 rings (SSSR count). The van der Waals surface area contributed by atoms with Crippen LogP contribution in [0.5, 0.6) is 11.5 Å². The van der Waals surface area contributed by atoms with E-state index >= 15 is 0 Å². The van der Waals surface area contributed by atoms with Gasteiger partial charge in [-0.15, -0.1) is 0 Å². The van der Waals surface area contributed by atoms with E-state index in [-0.39, 0.29) is 23.1 Å². The molecule has 0 aliphatic carbocycles. The fourth-order valence-electron chi connectivity index (χ4n) is 3.54. The summed E-state index contributed by atoms with van der Waals surface area (Å²) >= 11 is 0. The largest absolute Gasteiger partial charge is 0.497 e. The summed E-state index contributed by atoms with van der Waals surface area (Å²) in [5.41, 5.74) is 1.41. The van der Waals surface area contributed by atoms with Crippen molar-refractivity contribution in [2.45, 2.75) is 18.7 Å². The lowest BCUT2D eigenvalue weighted by molar-refractivity contribution is 0.0746. The molecular weight excluding hydrogens is 418 g/mol. The second-order valence-electron chi connectivity index (χ2n) is 7.07. The number of hydrogen-bond acceptors (Lipinski definition) is 6. The number of rotatable bonds is 8. The molecule has 9 heteroatoms. The van der Waals surface area contributed by atoms with Gasteiger partial charge >= 0.3 is 0 Å². The third-order valence-corrected chi connectivity index (χ3v) is 6.69. The number of nitrogens with zero attached hydrogens (tertiary/aromatic N) is 2. The Morgan fingerprint density at radius 2 is 1.71 bits per heavy atom. The van der Waals surface area contributed by atoms with Crippen molar-refractivity contribution in [3.63, 3.8) is 0 Å². The molecule has 168 valence electrons. The highest BCUT2D eigenvalue weighted by atomic mass is 32.2. The van der Waals surface area contributed by atoms with Crippen molar-refractivity contribution in [1.82, 2.24) is 9.62 Å². The van der Waals surface area contributed by atoms with E-state index in [4.69, 9.17) is 9.47 Å². The Kier molecular flexibility index (Phi) is 7.40. The van der Waals surface area contributed by atoms with Gasteiger partial charge in [-0.25, -0.2) is 13.1 Å². The Balaban J connectivity index is 1.74. The van der Waals surface area contributed by atoms with Crippen LogP contribution in [0.25, 0.3) is 0 Å². The van der Waals surface area contributed by atoms with E-state index in [9.17, 15) is 13.2 Å². The molecule has 1 amide bonds. The van der Waals surface area contributed by atoms with Gasteiger partial charge in [0.1, 0.15) is 16.4 Å². The number of carbonyl (C=O) groups is 1. The van der Waals surface area contributed by atoms with Gasteiger partial charge in [0.15, 0.2) is 0 Å². The van der Waals surface area contributed by atoms with Crippen molar-refractivity contribution in [1.29, 1.82) is 0 Å². The Morgan fingerprint density at radius 1 is 1.03 bits per heavy atom. The van der Waals surface area contributed by atoms with E-state index in [1.807, 2.05) is 24.3 Å². The summed E-state index contributed by atoms with van der Waals surface area (Å²) in [7, 11) is -2.13. The average Bonchev–Trinajstić information content (AvgIpc) is 2.79. The predicted octanol–water partition coefficient (Wildman–Crippen LogP) is 2.35. The molecule has 1 fully saturated rings. The zero-order valence-corrected chi connectivity index (χ0v) is 18.9. The molecule has 1 saturated heterocycles. The minimum absolute atomic E-state index is 0.0149. The maximum Gasteiger partial charge on any atom is 0.254 e. The standard InChI is InChI=1S/C22H29N3O5S/c1-4-23-31(27,28)21-16-17(6-11-20(21)30-5-2)22(26)25-14-12-24(13-15-25)18-7-9-19(29-3)10-8-18/h6-11,16,23H,4-5,12-15H2,1-3H3. The average molecular weight is 448 g/mol. The summed E-state index contributed by atoms with van der Waals surface area (Å²) < 4.78 is 38.3. The number of benzene rings is 2. The Bertz CT molecular complexity index is 1000. The van der Waals surface area contributed by atoms with Gasteiger partial charge in [0.2, 0.25) is 10.0 Å². The number of carbonyl (C=O) groups excluding carboxylic acids is 1. The quantitative estimate of drug-likeness (QED) is 0.668. The molecule has 0 aromatic heterocycles. The van der Waals surface area contributed by atoms with Gasteiger partial charge < -0.3 is 19.3 Å². The van der Waals surface area contributed by atoms with Gasteiger partial charge in [-0.3, -0.25) is 4.79 Å². The highest BCUT2D eigenvalue weighted by Crippen LogP contribution is 2.26. The fourth-order valence-corrected chi connectivity index (χ4v) is 4.75. The molecule has 31 heavy (non-hydrogen) atoms. The molecule has 8 nitrogen and oxygen atoms in total. The van der Waals surface area contributed by atoms with Crippen molar-refractivity contribution >= 4 is 21.6 Å². The van der Waals surface area contributed by atoms with Crippen molar-refractivity contribution in [3.8, 4) is 11.5 Å². The number of methoxy groups -OCH3 is 1. The fraction of sp³-hybridized carbons (Fsp3) is 0.409. The SMILES string of the molecule is CCNS(=O)(=O)c1cc(C(=O)N2CCN(c3ccc(OC)cc3)CC2)ccc1OCC. The number of nitrogens with one attached hydrogen (secondary N) is 1. The van der Waals surface area contributed by atoms with Gasteiger partial charge in [-0.2, -0.15) is 0 Å². The van der Waals surface area contributed by atoms with Crippen LogP contribution in [0.2, 0.25) is 0 Å². The summed E-state index contributed by atoms with van der Waals surface area (Å²) in [6.07, 6.45) is 0. The normalized spacial score (nSPS) is 14.4. The highest BCUT2D eigenvalue weighted by Gasteiger charge is 2.26. The minimum atomic E-state index is -3.76. The lowest BCUT2D eigenvalue weighted by Gasteiger charge is -2.36. The summed E-state index contributed by atoms with van der Waals surface area (Å²) in [5.74, 6) is 0.853. The van der Waals surface area contributed by atoms with Gasteiger partial charge in [0, 0.05) is 44.0 Å². The maximum atomic E-state index is 13.1. The van der Waals surface area contributed by atoms with Gasteiger partial charge in [0.25, 0.3) is 5.91 Å². The number of piperazine rings is 1. The first-order chi connectivity index (χ1) is 14.9. The van der Waals surface area contributed by atoms with Crippen LogP contribution in [0.3, 0.4) is 0 Å². The van der Waals surface area contributed by atoms with E-state index in [1.54, 1.807) is 38.0 Å². The molecule has 2 aromatic carbocycles. The third-order valence-electron chi connectivity index (χ3n) is 5.12. The topological polar surface area (TPSA) is 88.2 Å². The van der Waals surface area contributed by atoms with Crippen LogP contribution >= 0.6 is 0 Å². The van der Waals surface area contributed by atoms with Crippen LogP contribution < -0.4 is 19.1 Å². The summed E-state index contributed by atoms with van der Waals surface area (Å²) in [6, 6.07) is 12.4. The van der Waals surface area contributed by atoms with Crippen LogP contribution in [0.15, 0.2) is 47.4 Å². The lowest BCUT2D eigenvalue weighted by Crippen LogP contribution is -2.48. The van der Waals surface area contributed by atoms with Crippen molar-refractivity contribution in [3.05, 3.63) is 48.0 Å². The lowest BCUT2D eigenvalue weighted by atomic mass is 10.1. The number of ether oxygens (including phenoxy) is 2. The molecule has 1 N–H and O–H groups in total. The number of amides is 1. The van der Waals surface area contributed by atoms with Gasteiger partial charge in [-0.1, -0.05) is 6.92 Å². The molecular formula is C22H29N3O5S. The summed E-state index contributed by atoms with van der Waals surface area (Å²) in [5, 5.41) is 0. The molecule has 2 aromatic rings. The number of hydrogen-bond donors (Lipinski definition) is 1. The third kappa shape index (κ3) is 5.29. The van der Waals surface area contributed by atoms with Gasteiger partial charge in [-0.05, 0) is 49.4 Å². The molecule has 0 bridgehead atoms. The van der Waals surface area contributed by atoms with Crippen LogP contribution in [0.1, 0.15) is 24.2 Å². The smallest absolute Gasteiger partial charge is 0.254 e. The van der Waals surface area contributed by atoms with E-state index in [1.165, 1.54) is 6.07 Å². The molecule has 0 radical (unpaired) electrons. The van der Waals surface area contributed by atoms with Crippen LogP contribution in [0.4, 0.5) is 5.69 Å². The molecule has 1 aliphatic rings. The van der Waals surface area contributed by atoms with Crippen molar-refractivity contribution in [2.24, 2.45) is 0 Å². The minimum Gasteiger partial charge on any atom is -0.497 e. The molecule has 0 spiro atoms. The molecule has 0 unspecified atom stereocenters. The Labute approximate surface area is 183 Å².